The van der Waals surface area contributed by atoms with Crippen LogP contribution in [-0.2, 0) is 15.6 Å². The fourth-order valence-corrected chi connectivity index (χ4v) is 5.64. The van der Waals surface area contributed by atoms with E-state index in [4.69, 9.17) is 10.3 Å². The van der Waals surface area contributed by atoms with Crippen molar-refractivity contribution in [2.45, 2.75) is 20.4 Å². The predicted molar refractivity (Wildman–Crippen MR) is 116 cm³/mol. The van der Waals surface area contributed by atoms with Gasteiger partial charge in [-0.1, -0.05) is 36.4 Å². The van der Waals surface area contributed by atoms with Crippen LogP contribution < -0.4 is 10.3 Å². The molecule has 0 aliphatic heterocycles. The molecule has 0 saturated heterocycles. The Bertz CT molecular complexity index is 1260. The molecule has 29 heavy (non-hydrogen) atoms. The highest BCUT2D eigenvalue weighted by molar-refractivity contribution is 8.29. The largest absolute Gasteiger partial charge is 0.280 e. The number of sulfone groups is 1. The van der Waals surface area contributed by atoms with Gasteiger partial charge in [0.2, 0.25) is 9.84 Å². The summed E-state index contributed by atoms with van der Waals surface area (Å²) < 4.78 is 25.5. The topological polar surface area (TPSA) is 112 Å². The molecule has 0 fully saturated rings. The standard InChI is InChI=1S/C21H20N4O2S2/c22-28(23,15-21-24-14-16-6-4-5-9-20(16)25-21)17-10-12-19(13-11-17)29(26,27)18-7-2-1-3-8-18/h1-14H,15,22-23H2. The highest BCUT2D eigenvalue weighted by Gasteiger charge is 2.21. The first kappa shape index (κ1) is 19.5. The molecule has 3 aromatic carbocycles. The molecular formula is C21H20N4O2S2. The van der Waals surface area contributed by atoms with Gasteiger partial charge < -0.3 is 0 Å². The SMILES string of the molecule is NS(N)(Cc1ncc2ccccc2n1)c1ccc(S(=O)(=O)c2ccccc2)cc1. The van der Waals surface area contributed by atoms with Crippen molar-refractivity contribution >= 4 is 31.1 Å². The van der Waals surface area contributed by atoms with Crippen LogP contribution in [-0.4, -0.2) is 18.4 Å². The molecule has 1 heterocycles. The molecule has 6 nitrogen and oxygen atoms in total. The van der Waals surface area contributed by atoms with Crippen molar-refractivity contribution in [2.24, 2.45) is 10.3 Å². The highest BCUT2D eigenvalue weighted by atomic mass is 32.3. The lowest BCUT2D eigenvalue weighted by Crippen LogP contribution is -2.23. The third-order valence-electron chi connectivity index (χ3n) is 4.53. The van der Waals surface area contributed by atoms with Gasteiger partial charge in [-0.25, -0.2) is 18.4 Å². The van der Waals surface area contributed by atoms with E-state index in [2.05, 4.69) is 9.97 Å². The van der Waals surface area contributed by atoms with Gasteiger partial charge in [-0.2, -0.15) is 0 Å². The summed E-state index contributed by atoms with van der Waals surface area (Å²) in [5.41, 5.74) is 0.831. The van der Waals surface area contributed by atoms with Crippen LogP contribution >= 0.6 is 10.4 Å². The van der Waals surface area contributed by atoms with Gasteiger partial charge in [0.05, 0.1) is 21.1 Å². The number of para-hydroxylation sites is 1. The van der Waals surface area contributed by atoms with Gasteiger partial charge in [-0.3, -0.25) is 10.3 Å². The number of rotatable bonds is 5. The third kappa shape index (κ3) is 4.01. The highest BCUT2D eigenvalue weighted by Crippen LogP contribution is 2.44. The maximum absolute atomic E-state index is 12.7. The summed E-state index contributed by atoms with van der Waals surface area (Å²) in [6.45, 7) is 0. The van der Waals surface area contributed by atoms with Gasteiger partial charge in [0, 0.05) is 16.5 Å². The Hall–Kier alpha value is -2.78. The number of hydrogen-bond donors (Lipinski definition) is 2. The van der Waals surface area contributed by atoms with Crippen molar-refractivity contribution < 1.29 is 8.42 Å². The Morgan fingerprint density at radius 2 is 1.31 bits per heavy atom. The summed E-state index contributed by atoms with van der Waals surface area (Å²) in [5.74, 6) is 0.854. The number of nitrogens with two attached hydrogens (primary N) is 2. The normalized spacial score (nSPS) is 12.8. The van der Waals surface area contributed by atoms with Crippen LogP contribution in [0, 0.1) is 0 Å². The molecule has 4 rings (SSSR count). The first-order valence-electron chi connectivity index (χ1n) is 8.84. The molecule has 0 unspecified atom stereocenters. The van der Waals surface area contributed by atoms with Crippen LogP contribution in [0.25, 0.3) is 10.9 Å². The minimum absolute atomic E-state index is 0.199. The van der Waals surface area contributed by atoms with Gasteiger partial charge in [0.1, 0.15) is 5.82 Å². The number of nitrogens with zero attached hydrogens (tertiary/aromatic N) is 2. The fourth-order valence-electron chi connectivity index (χ4n) is 2.98. The van der Waals surface area contributed by atoms with Crippen LogP contribution in [0.2, 0.25) is 0 Å². The summed E-state index contributed by atoms with van der Waals surface area (Å²) in [6.07, 6.45) is 1.75. The van der Waals surface area contributed by atoms with E-state index >= 15 is 0 Å². The van der Waals surface area contributed by atoms with Crippen molar-refractivity contribution in [3.8, 4) is 0 Å². The molecular weight excluding hydrogens is 404 g/mol. The van der Waals surface area contributed by atoms with E-state index in [1.165, 1.54) is 0 Å². The maximum Gasteiger partial charge on any atom is 0.206 e. The van der Waals surface area contributed by atoms with E-state index in [-0.39, 0.29) is 9.79 Å². The van der Waals surface area contributed by atoms with E-state index in [9.17, 15) is 8.42 Å². The average molecular weight is 425 g/mol. The Kier molecular flexibility index (Phi) is 5.10. The fraction of sp³-hybridized carbons (Fsp3) is 0.0476. The Labute approximate surface area is 171 Å². The lowest BCUT2D eigenvalue weighted by Gasteiger charge is -2.30. The third-order valence-corrected chi connectivity index (χ3v) is 8.20. The van der Waals surface area contributed by atoms with E-state index in [0.717, 1.165) is 10.9 Å². The number of hydrogen-bond acceptors (Lipinski definition) is 6. The number of benzene rings is 3. The summed E-state index contributed by atoms with van der Waals surface area (Å²) in [7, 11) is -5.81. The molecule has 0 spiro atoms. The zero-order valence-corrected chi connectivity index (χ0v) is 17.1. The molecule has 4 aromatic rings. The van der Waals surface area contributed by atoms with E-state index in [1.807, 2.05) is 24.3 Å². The number of fused-ring (bicyclic) bond motifs is 1. The Balaban J connectivity index is 1.60. The molecule has 148 valence electrons. The van der Waals surface area contributed by atoms with E-state index in [0.29, 0.717) is 16.5 Å². The van der Waals surface area contributed by atoms with Crippen LogP contribution in [0.1, 0.15) is 5.82 Å². The van der Waals surface area contributed by atoms with E-state index in [1.54, 1.807) is 60.8 Å². The lowest BCUT2D eigenvalue weighted by molar-refractivity contribution is 0.596. The van der Waals surface area contributed by atoms with Gasteiger partial charge in [0.25, 0.3) is 0 Å². The van der Waals surface area contributed by atoms with Crippen molar-refractivity contribution in [2.75, 3.05) is 0 Å². The maximum atomic E-state index is 12.7. The number of aromatic nitrogens is 2. The van der Waals surface area contributed by atoms with Gasteiger partial charge in [0.15, 0.2) is 0 Å². The second kappa shape index (κ2) is 7.57. The van der Waals surface area contributed by atoms with Gasteiger partial charge in [-0.05, 0) is 42.5 Å². The molecule has 0 amide bonds. The van der Waals surface area contributed by atoms with E-state index < -0.39 is 20.2 Å². The molecule has 0 saturated carbocycles. The van der Waals surface area contributed by atoms with Crippen molar-refractivity contribution in [3.63, 3.8) is 0 Å². The Morgan fingerprint density at radius 1 is 0.724 bits per heavy atom. The first-order valence-corrected chi connectivity index (χ1v) is 12.2. The Morgan fingerprint density at radius 3 is 2.03 bits per heavy atom. The second-order valence-corrected chi connectivity index (χ2v) is 11.0. The van der Waals surface area contributed by atoms with Crippen LogP contribution in [0.5, 0.6) is 0 Å². The van der Waals surface area contributed by atoms with Crippen LogP contribution in [0.15, 0.2) is 99.7 Å². The molecule has 0 aliphatic rings. The van der Waals surface area contributed by atoms with Crippen molar-refractivity contribution in [1.82, 2.24) is 9.97 Å². The van der Waals surface area contributed by atoms with Crippen molar-refractivity contribution in [3.05, 3.63) is 90.9 Å². The summed E-state index contributed by atoms with van der Waals surface area (Å²) in [6, 6.07) is 22.4. The first-order chi connectivity index (χ1) is 13.9. The molecule has 0 bridgehead atoms. The quantitative estimate of drug-likeness (QED) is 0.506. The van der Waals surface area contributed by atoms with Crippen molar-refractivity contribution in [1.29, 1.82) is 0 Å². The van der Waals surface area contributed by atoms with Crippen LogP contribution in [0.3, 0.4) is 0 Å². The summed E-state index contributed by atoms with van der Waals surface area (Å²) in [4.78, 5) is 10.0. The minimum Gasteiger partial charge on any atom is -0.280 e. The molecule has 0 atom stereocenters. The molecule has 8 heteroatoms. The molecule has 0 radical (unpaired) electrons. The predicted octanol–water partition coefficient (Wildman–Crippen LogP) is 3.57. The monoisotopic (exact) mass is 424 g/mol. The molecule has 0 aliphatic carbocycles. The summed E-state index contributed by atoms with van der Waals surface area (Å²) >= 11 is 0. The smallest absolute Gasteiger partial charge is 0.206 e. The second-order valence-electron chi connectivity index (χ2n) is 6.63. The molecule has 4 N–H and O–H groups in total. The molecule has 1 aromatic heterocycles. The zero-order valence-electron chi connectivity index (χ0n) is 15.5. The zero-order chi connectivity index (χ0) is 20.5. The van der Waals surface area contributed by atoms with Gasteiger partial charge in [-0.15, -0.1) is 10.4 Å². The minimum atomic E-state index is -3.58. The summed E-state index contributed by atoms with van der Waals surface area (Å²) in [5, 5.41) is 13.8. The lowest BCUT2D eigenvalue weighted by atomic mass is 10.2. The van der Waals surface area contributed by atoms with Crippen LogP contribution in [0.4, 0.5) is 0 Å². The average Bonchev–Trinajstić information content (AvgIpc) is 2.74. The van der Waals surface area contributed by atoms with Gasteiger partial charge >= 0.3 is 0 Å².